The van der Waals surface area contributed by atoms with Crippen molar-refractivity contribution >= 4 is 0 Å². The van der Waals surface area contributed by atoms with Crippen LogP contribution >= 0.6 is 0 Å². The van der Waals surface area contributed by atoms with Crippen molar-refractivity contribution in [2.45, 2.75) is 25.4 Å². The normalized spacial score (nSPS) is 12.8. The lowest BCUT2D eigenvalue weighted by molar-refractivity contribution is 0.0823. The average Bonchev–Trinajstić information content (AvgIpc) is 2.10. The summed E-state index contributed by atoms with van der Waals surface area (Å²) >= 11 is 0. The second-order valence-electron chi connectivity index (χ2n) is 2.70. The highest BCUT2D eigenvalue weighted by atomic mass is 16.5. The Kier molecular flexibility index (Phi) is 8.44. The molecule has 0 saturated carbocycles. The summed E-state index contributed by atoms with van der Waals surface area (Å²) in [5, 5.41) is 17.4. The van der Waals surface area contributed by atoms with Gasteiger partial charge in [0.15, 0.2) is 0 Å². The first kappa shape index (κ1) is 11.6. The van der Waals surface area contributed by atoms with Crippen molar-refractivity contribution in [2.75, 3.05) is 19.8 Å². The first-order chi connectivity index (χ1) is 5.81. The van der Waals surface area contributed by atoms with Crippen LogP contribution in [0.1, 0.15) is 19.3 Å². The van der Waals surface area contributed by atoms with Gasteiger partial charge in [-0.3, -0.25) is 0 Å². The molecule has 0 saturated heterocycles. The maximum absolute atomic E-state index is 8.95. The summed E-state index contributed by atoms with van der Waals surface area (Å²) in [6.45, 7) is 4.66. The Morgan fingerprint density at radius 1 is 1.42 bits per heavy atom. The molecule has 0 amide bonds. The standard InChI is InChI=1S/C9H18O3/c1-2-6-12-7-4-3-5-9(11)8-10/h2,9-11H,1,3-8H2. The molecule has 0 aliphatic heterocycles. The van der Waals surface area contributed by atoms with Gasteiger partial charge in [-0.15, -0.1) is 6.58 Å². The fourth-order valence-electron chi connectivity index (χ4n) is 0.842. The zero-order valence-electron chi connectivity index (χ0n) is 7.41. The molecule has 0 aromatic heterocycles. The van der Waals surface area contributed by atoms with Gasteiger partial charge in [0.2, 0.25) is 0 Å². The van der Waals surface area contributed by atoms with Crippen LogP contribution in [-0.2, 0) is 4.74 Å². The van der Waals surface area contributed by atoms with Crippen LogP contribution in [0, 0.1) is 0 Å². The summed E-state index contributed by atoms with van der Waals surface area (Å²) in [6, 6.07) is 0. The van der Waals surface area contributed by atoms with Gasteiger partial charge in [0.1, 0.15) is 0 Å². The predicted octanol–water partition coefficient (Wildman–Crippen LogP) is 0.712. The third kappa shape index (κ3) is 7.72. The van der Waals surface area contributed by atoms with E-state index in [2.05, 4.69) is 6.58 Å². The third-order valence-electron chi connectivity index (χ3n) is 1.52. The van der Waals surface area contributed by atoms with Crippen LogP contribution in [0.2, 0.25) is 0 Å². The third-order valence-corrected chi connectivity index (χ3v) is 1.52. The summed E-state index contributed by atoms with van der Waals surface area (Å²) in [5.74, 6) is 0. The maximum Gasteiger partial charge on any atom is 0.0771 e. The monoisotopic (exact) mass is 174 g/mol. The topological polar surface area (TPSA) is 49.7 Å². The molecule has 0 spiro atoms. The number of unbranched alkanes of at least 4 members (excludes halogenated alkanes) is 1. The molecule has 1 unspecified atom stereocenters. The predicted molar refractivity (Wildman–Crippen MR) is 48.0 cm³/mol. The molecule has 2 N–H and O–H groups in total. The molecule has 0 heterocycles. The van der Waals surface area contributed by atoms with Crippen molar-refractivity contribution in [2.24, 2.45) is 0 Å². The Morgan fingerprint density at radius 3 is 2.75 bits per heavy atom. The molecule has 0 rings (SSSR count). The fraction of sp³-hybridized carbons (Fsp3) is 0.778. The number of aliphatic hydroxyl groups is 2. The highest BCUT2D eigenvalue weighted by Crippen LogP contribution is 2.00. The van der Waals surface area contributed by atoms with Gasteiger partial charge in [-0.05, 0) is 19.3 Å². The number of rotatable bonds is 8. The lowest BCUT2D eigenvalue weighted by Crippen LogP contribution is -2.11. The molecule has 0 aromatic rings. The summed E-state index contributed by atoms with van der Waals surface area (Å²) in [6.07, 6.45) is 3.60. The van der Waals surface area contributed by atoms with Gasteiger partial charge in [-0.1, -0.05) is 6.08 Å². The first-order valence-electron chi connectivity index (χ1n) is 4.28. The minimum atomic E-state index is -0.565. The Hall–Kier alpha value is -0.380. The lowest BCUT2D eigenvalue weighted by Gasteiger charge is -2.05. The smallest absolute Gasteiger partial charge is 0.0771 e. The van der Waals surface area contributed by atoms with Gasteiger partial charge in [-0.2, -0.15) is 0 Å². The van der Waals surface area contributed by atoms with E-state index in [9.17, 15) is 0 Å². The minimum Gasteiger partial charge on any atom is -0.394 e. The molecule has 3 heteroatoms. The molecule has 12 heavy (non-hydrogen) atoms. The molecular weight excluding hydrogens is 156 g/mol. The van der Waals surface area contributed by atoms with E-state index in [0.29, 0.717) is 19.6 Å². The van der Waals surface area contributed by atoms with Crippen LogP contribution in [-0.4, -0.2) is 36.1 Å². The summed E-state index contributed by atoms with van der Waals surface area (Å²) < 4.78 is 5.14. The molecular formula is C9H18O3. The van der Waals surface area contributed by atoms with E-state index >= 15 is 0 Å². The number of hydrogen-bond donors (Lipinski definition) is 2. The largest absolute Gasteiger partial charge is 0.394 e. The zero-order valence-corrected chi connectivity index (χ0v) is 7.41. The molecule has 3 nitrogen and oxygen atoms in total. The van der Waals surface area contributed by atoms with Crippen molar-refractivity contribution in [3.8, 4) is 0 Å². The Morgan fingerprint density at radius 2 is 2.17 bits per heavy atom. The summed E-state index contributed by atoms with van der Waals surface area (Å²) in [5.41, 5.74) is 0. The second kappa shape index (κ2) is 8.71. The number of hydrogen-bond acceptors (Lipinski definition) is 3. The molecule has 0 radical (unpaired) electrons. The van der Waals surface area contributed by atoms with E-state index < -0.39 is 6.10 Å². The van der Waals surface area contributed by atoms with Gasteiger partial charge in [-0.25, -0.2) is 0 Å². The van der Waals surface area contributed by atoms with Crippen LogP contribution in [0.3, 0.4) is 0 Å². The molecule has 1 atom stereocenters. The maximum atomic E-state index is 8.95. The van der Waals surface area contributed by atoms with Crippen LogP contribution < -0.4 is 0 Å². The van der Waals surface area contributed by atoms with Crippen molar-refractivity contribution in [1.29, 1.82) is 0 Å². The van der Waals surface area contributed by atoms with E-state index in [0.717, 1.165) is 12.8 Å². The van der Waals surface area contributed by atoms with Crippen LogP contribution in [0.15, 0.2) is 12.7 Å². The quantitative estimate of drug-likeness (QED) is 0.421. The van der Waals surface area contributed by atoms with E-state index in [1.165, 1.54) is 0 Å². The van der Waals surface area contributed by atoms with Crippen molar-refractivity contribution in [3.05, 3.63) is 12.7 Å². The second-order valence-corrected chi connectivity index (χ2v) is 2.70. The Labute approximate surface area is 73.7 Å². The molecule has 0 fully saturated rings. The first-order valence-corrected chi connectivity index (χ1v) is 4.28. The molecule has 72 valence electrons. The van der Waals surface area contributed by atoms with Crippen molar-refractivity contribution in [3.63, 3.8) is 0 Å². The van der Waals surface area contributed by atoms with Crippen LogP contribution in [0.25, 0.3) is 0 Å². The van der Waals surface area contributed by atoms with E-state index in [1.54, 1.807) is 6.08 Å². The zero-order chi connectivity index (χ0) is 9.23. The molecule has 0 aliphatic carbocycles. The van der Waals surface area contributed by atoms with E-state index in [-0.39, 0.29) is 6.61 Å². The average molecular weight is 174 g/mol. The van der Waals surface area contributed by atoms with Gasteiger partial charge in [0.25, 0.3) is 0 Å². The van der Waals surface area contributed by atoms with Gasteiger partial charge in [0, 0.05) is 6.61 Å². The van der Waals surface area contributed by atoms with Crippen molar-refractivity contribution < 1.29 is 14.9 Å². The van der Waals surface area contributed by atoms with Gasteiger partial charge >= 0.3 is 0 Å². The van der Waals surface area contributed by atoms with Gasteiger partial charge < -0.3 is 14.9 Å². The van der Waals surface area contributed by atoms with Crippen LogP contribution in [0.5, 0.6) is 0 Å². The van der Waals surface area contributed by atoms with Gasteiger partial charge in [0.05, 0.1) is 19.3 Å². The molecule has 0 aliphatic rings. The minimum absolute atomic E-state index is 0.145. The molecule has 0 aromatic carbocycles. The number of ether oxygens (including phenoxy) is 1. The van der Waals surface area contributed by atoms with E-state index in [1.807, 2.05) is 0 Å². The van der Waals surface area contributed by atoms with E-state index in [4.69, 9.17) is 14.9 Å². The highest BCUT2D eigenvalue weighted by molar-refractivity contribution is 4.63. The van der Waals surface area contributed by atoms with Crippen molar-refractivity contribution in [1.82, 2.24) is 0 Å². The van der Waals surface area contributed by atoms with Crippen LogP contribution in [0.4, 0.5) is 0 Å². The Balaban J connectivity index is 2.95. The Bertz CT molecular complexity index is 104. The molecule has 0 bridgehead atoms. The summed E-state index contributed by atoms with van der Waals surface area (Å²) in [7, 11) is 0. The SMILES string of the molecule is C=CCOCCCCC(O)CO. The fourth-order valence-corrected chi connectivity index (χ4v) is 0.842. The summed E-state index contributed by atoms with van der Waals surface area (Å²) in [4.78, 5) is 0. The highest BCUT2D eigenvalue weighted by Gasteiger charge is 1.99. The number of aliphatic hydroxyl groups excluding tert-OH is 2. The lowest BCUT2D eigenvalue weighted by atomic mass is 10.2.